The third-order valence-corrected chi connectivity index (χ3v) is 3.89. The average molecular weight is 417 g/mol. The molecule has 2 N–H and O–H groups in total. The number of aromatic nitrogens is 1. The molecule has 0 spiro atoms. The molecular formula is C14H12Br2FN3O. The van der Waals surface area contributed by atoms with E-state index >= 15 is 0 Å². The molecule has 7 heteroatoms. The Labute approximate surface area is 138 Å². The second-order valence-electron chi connectivity index (χ2n) is 4.34. The molecule has 4 nitrogen and oxygen atoms in total. The molecule has 1 aromatic heterocycles. The fourth-order valence-corrected chi connectivity index (χ4v) is 2.57. The van der Waals surface area contributed by atoms with Crippen LogP contribution in [0.2, 0.25) is 0 Å². The molecule has 0 aliphatic rings. The minimum absolute atomic E-state index is 0.359. The molecule has 0 unspecified atom stereocenters. The number of benzene rings is 1. The summed E-state index contributed by atoms with van der Waals surface area (Å²) in [5, 5.41) is 5.55. The van der Waals surface area contributed by atoms with E-state index in [2.05, 4.69) is 47.5 Å². The predicted octanol–water partition coefficient (Wildman–Crippen LogP) is 4.35. The Hall–Kier alpha value is -1.47. The highest BCUT2D eigenvalue weighted by atomic mass is 79.9. The van der Waals surface area contributed by atoms with E-state index in [0.29, 0.717) is 26.0 Å². The molecule has 21 heavy (non-hydrogen) atoms. The van der Waals surface area contributed by atoms with E-state index in [9.17, 15) is 9.18 Å². The Morgan fingerprint density at radius 2 is 2.00 bits per heavy atom. The van der Waals surface area contributed by atoms with Crippen LogP contribution >= 0.6 is 31.9 Å². The fraction of sp³-hybridized carbons (Fsp3) is 0.143. The Bertz CT molecular complexity index is 707. The Morgan fingerprint density at radius 3 is 2.67 bits per heavy atom. The van der Waals surface area contributed by atoms with Crippen molar-refractivity contribution in [2.75, 3.05) is 17.7 Å². The number of pyridine rings is 1. The van der Waals surface area contributed by atoms with Crippen molar-refractivity contribution in [3.05, 3.63) is 50.3 Å². The number of nitrogens with zero attached hydrogens (tertiary/aromatic N) is 1. The van der Waals surface area contributed by atoms with E-state index in [1.807, 2.05) is 0 Å². The van der Waals surface area contributed by atoms with E-state index in [0.717, 1.165) is 5.56 Å². The molecular weight excluding hydrogens is 405 g/mol. The van der Waals surface area contributed by atoms with Crippen LogP contribution < -0.4 is 10.6 Å². The SMILES string of the molecule is CNc1ncc(Br)cc1C(=O)Nc1cc(F)c(Br)cc1C. The largest absolute Gasteiger partial charge is 0.372 e. The lowest BCUT2D eigenvalue weighted by Gasteiger charge is -2.12. The number of anilines is 2. The van der Waals surface area contributed by atoms with Gasteiger partial charge in [0, 0.05) is 23.4 Å². The summed E-state index contributed by atoms with van der Waals surface area (Å²) in [6.45, 7) is 1.79. The normalized spacial score (nSPS) is 10.3. The van der Waals surface area contributed by atoms with Crippen LogP contribution in [0.25, 0.3) is 0 Å². The number of carbonyl (C=O) groups is 1. The molecule has 0 fully saturated rings. The highest BCUT2D eigenvalue weighted by molar-refractivity contribution is 9.10. The molecule has 0 saturated heterocycles. The number of amides is 1. The third-order valence-electron chi connectivity index (χ3n) is 2.85. The van der Waals surface area contributed by atoms with Crippen molar-refractivity contribution < 1.29 is 9.18 Å². The number of rotatable bonds is 3. The average Bonchev–Trinajstić information content (AvgIpc) is 2.44. The summed E-state index contributed by atoms with van der Waals surface area (Å²) in [6, 6.07) is 4.55. The van der Waals surface area contributed by atoms with Gasteiger partial charge in [0.25, 0.3) is 5.91 Å². The molecule has 110 valence electrons. The van der Waals surface area contributed by atoms with E-state index in [-0.39, 0.29) is 5.91 Å². The molecule has 0 radical (unpaired) electrons. The summed E-state index contributed by atoms with van der Waals surface area (Å²) >= 11 is 6.39. The maximum atomic E-state index is 13.6. The summed E-state index contributed by atoms with van der Waals surface area (Å²) in [7, 11) is 1.68. The fourth-order valence-electron chi connectivity index (χ4n) is 1.78. The molecule has 1 heterocycles. The maximum absolute atomic E-state index is 13.6. The number of halogens is 3. The van der Waals surface area contributed by atoms with Gasteiger partial charge in [-0.3, -0.25) is 4.79 Å². The molecule has 0 bridgehead atoms. The zero-order valence-electron chi connectivity index (χ0n) is 11.3. The standard InChI is InChI=1S/C14H12Br2FN3O/c1-7-3-10(16)11(17)5-12(7)20-14(21)9-4-8(15)6-19-13(9)18-2/h3-6H,1-2H3,(H,18,19)(H,20,21). The molecule has 0 aliphatic heterocycles. The van der Waals surface area contributed by atoms with Crippen molar-refractivity contribution in [2.45, 2.75) is 6.92 Å². The van der Waals surface area contributed by atoms with E-state index in [1.54, 1.807) is 32.3 Å². The van der Waals surface area contributed by atoms with Crippen LogP contribution in [0.5, 0.6) is 0 Å². The van der Waals surface area contributed by atoms with Crippen molar-refractivity contribution in [3.8, 4) is 0 Å². The van der Waals surface area contributed by atoms with Gasteiger partial charge in [-0.25, -0.2) is 9.37 Å². The monoisotopic (exact) mass is 415 g/mol. The van der Waals surface area contributed by atoms with Gasteiger partial charge in [-0.2, -0.15) is 0 Å². The number of hydrogen-bond donors (Lipinski definition) is 2. The van der Waals surface area contributed by atoms with E-state index < -0.39 is 5.82 Å². The number of aryl methyl sites for hydroxylation is 1. The zero-order valence-corrected chi connectivity index (χ0v) is 14.5. The topological polar surface area (TPSA) is 54.0 Å². The van der Waals surface area contributed by atoms with Crippen molar-refractivity contribution >= 4 is 49.3 Å². The first-order chi connectivity index (χ1) is 9.92. The first-order valence-electron chi connectivity index (χ1n) is 6.02. The van der Waals surface area contributed by atoms with Crippen molar-refractivity contribution in [1.82, 2.24) is 4.98 Å². The number of carbonyl (C=O) groups excluding carboxylic acids is 1. The van der Waals surface area contributed by atoms with Gasteiger partial charge in [0.1, 0.15) is 11.6 Å². The molecule has 0 saturated carbocycles. The first kappa shape index (κ1) is 15.9. The molecule has 0 atom stereocenters. The Kier molecular flexibility index (Phi) is 4.95. The Morgan fingerprint density at radius 1 is 1.29 bits per heavy atom. The minimum atomic E-state index is -0.433. The molecule has 1 amide bonds. The summed E-state index contributed by atoms with van der Waals surface area (Å²) in [5.74, 6) is -0.346. The van der Waals surface area contributed by atoms with E-state index in [4.69, 9.17) is 0 Å². The second-order valence-corrected chi connectivity index (χ2v) is 6.11. The van der Waals surface area contributed by atoms with Crippen LogP contribution in [0, 0.1) is 12.7 Å². The van der Waals surface area contributed by atoms with Gasteiger partial charge in [-0.1, -0.05) is 0 Å². The summed E-state index contributed by atoms with van der Waals surface area (Å²) in [4.78, 5) is 16.5. The van der Waals surface area contributed by atoms with Gasteiger partial charge in [0.15, 0.2) is 0 Å². The van der Waals surface area contributed by atoms with Crippen LogP contribution in [0.15, 0.2) is 33.3 Å². The number of hydrogen-bond acceptors (Lipinski definition) is 3. The van der Waals surface area contributed by atoms with Crippen molar-refractivity contribution in [2.24, 2.45) is 0 Å². The molecule has 2 aromatic rings. The highest BCUT2D eigenvalue weighted by Crippen LogP contribution is 2.25. The molecule has 0 aliphatic carbocycles. The highest BCUT2D eigenvalue weighted by Gasteiger charge is 2.15. The summed E-state index contributed by atoms with van der Waals surface area (Å²) < 4.78 is 14.6. The minimum Gasteiger partial charge on any atom is -0.372 e. The predicted molar refractivity (Wildman–Crippen MR) is 88.3 cm³/mol. The summed E-state index contributed by atoms with van der Waals surface area (Å²) in [5.41, 5.74) is 1.54. The van der Waals surface area contributed by atoms with Gasteiger partial charge in [-0.15, -0.1) is 0 Å². The van der Waals surface area contributed by atoms with Crippen molar-refractivity contribution in [3.63, 3.8) is 0 Å². The molecule has 1 aromatic carbocycles. The smallest absolute Gasteiger partial charge is 0.259 e. The first-order valence-corrected chi connectivity index (χ1v) is 7.61. The lowest BCUT2D eigenvalue weighted by molar-refractivity contribution is 0.102. The van der Waals surface area contributed by atoms with Gasteiger partial charge in [-0.05, 0) is 62.5 Å². The van der Waals surface area contributed by atoms with Crippen LogP contribution in [0.1, 0.15) is 15.9 Å². The maximum Gasteiger partial charge on any atom is 0.259 e. The molecule has 2 rings (SSSR count). The second kappa shape index (κ2) is 6.53. The number of nitrogens with one attached hydrogen (secondary N) is 2. The lowest BCUT2D eigenvalue weighted by Crippen LogP contribution is -2.15. The van der Waals surface area contributed by atoms with E-state index in [1.165, 1.54) is 6.07 Å². The van der Waals surface area contributed by atoms with Gasteiger partial charge >= 0.3 is 0 Å². The van der Waals surface area contributed by atoms with Crippen LogP contribution in [-0.2, 0) is 0 Å². The van der Waals surface area contributed by atoms with Gasteiger partial charge < -0.3 is 10.6 Å². The Balaban J connectivity index is 2.34. The van der Waals surface area contributed by atoms with Crippen LogP contribution in [0.4, 0.5) is 15.9 Å². The van der Waals surface area contributed by atoms with Crippen LogP contribution in [0.3, 0.4) is 0 Å². The quantitative estimate of drug-likeness (QED) is 0.782. The van der Waals surface area contributed by atoms with Crippen molar-refractivity contribution in [1.29, 1.82) is 0 Å². The van der Waals surface area contributed by atoms with Gasteiger partial charge in [0.05, 0.1) is 10.0 Å². The van der Waals surface area contributed by atoms with Crippen LogP contribution in [-0.4, -0.2) is 17.9 Å². The lowest BCUT2D eigenvalue weighted by atomic mass is 10.1. The zero-order chi connectivity index (χ0) is 15.6. The van der Waals surface area contributed by atoms with Gasteiger partial charge in [0.2, 0.25) is 0 Å². The summed E-state index contributed by atoms with van der Waals surface area (Å²) in [6.07, 6.45) is 1.59. The third kappa shape index (κ3) is 3.59.